The quantitative estimate of drug-likeness (QED) is 0.794. The maximum Gasteiger partial charge on any atom is 0.137 e. The van der Waals surface area contributed by atoms with Crippen LogP contribution in [-0.4, -0.2) is 34.8 Å². The molecule has 0 amide bonds. The lowest BCUT2D eigenvalue weighted by molar-refractivity contribution is 0.302. The summed E-state index contributed by atoms with van der Waals surface area (Å²) >= 11 is 6.12. The topological polar surface area (TPSA) is 49.2 Å². The fourth-order valence-electron chi connectivity index (χ4n) is 1.70. The van der Waals surface area contributed by atoms with Crippen LogP contribution < -0.4 is 4.90 Å². The van der Waals surface area contributed by atoms with Gasteiger partial charge in [-0.2, -0.15) is 0 Å². The number of nitrogens with zero attached hydrogens (tertiary/aromatic N) is 3. The minimum atomic E-state index is 0.109. The third kappa shape index (κ3) is 3.54. The third-order valence-electron chi connectivity index (χ3n) is 2.63. The van der Waals surface area contributed by atoms with Crippen molar-refractivity contribution in [3.8, 4) is 0 Å². The average molecular weight is 258 g/mol. The summed E-state index contributed by atoms with van der Waals surface area (Å²) < 4.78 is 0. The van der Waals surface area contributed by atoms with E-state index in [2.05, 4.69) is 16.9 Å². The predicted octanol–water partition coefficient (Wildman–Crippen LogP) is 2.21. The smallest absolute Gasteiger partial charge is 0.137 e. The van der Waals surface area contributed by atoms with Crippen LogP contribution in [0, 0.1) is 6.92 Å². The molecule has 1 aromatic heterocycles. The Bertz CT molecular complexity index is 371. The van der Waals surface area contributed by atoms with E-state index in [1.54, 1.807) is 0 Å². The lowest BCUT2D eigenvalue weighted by Crippen LogP contribution is -2.28. The van der Waals surface area contributed by atoms with Crippen molar-refractivity contribution in [1.82, 2.24) is 9.97 Å². The van der Waals surface area contributed by atoms with E-state index in [1.807, 2.05) is 18.7 Å². The summed E-state index contributed by atoms with van der Waals surface area (Å²) in [7, 11) is 0. The molecular weight excluding hydrogens is 238 g/mol. The van der Waals surface area contributed by atoms with Gasteiger partial charge in [-0.05, 0) is 20.3 Å². The third-order valence-corrected chi connectivity index (χ3v) is 3.00. The molecule has 0 atom stereocenters. The molecule has 0 aliphatic rings. The van der Waals surface area contributed by atoms with Gasteiger partial charge in [0.25, 0.3) is 0 Å². The summed E-state index contributed by atoms with van der Waals surface area (Å²) in [5.74, 6) is 1.61. The summed E-state index contributed by atoms with van der Waals surface area (Å²) in [5, 5.41) is 9.55. The molecule has 1 rings (SSSR count). The van der Waals surface area contributed by atoms with Crippen LogP contribution in [0.5, 0.6) is 0 Å². The first-order valence-electron chi connectivity index (χ1n) is 6.02. The normalized spacial score (nSPS) is 10.6. The van der Waals surface area contributed by atoms with Gasteiger partial charge in [-0.1, -0.05) is 18.5 Å². The van der Waals surface area contributed by atoms with Crippen molar-refractivity contribution in [2.45, 2.75) is 33.6 Å². The van der Waals surface area contributed by atoms with E-state index in [1.165, 1.54) is 0 Å². The van der Waals surface area contributed by atoms with Gasteiger partial charge in [0.05, 0.1) is 6.61 Å². The van der Waals surface area contributed by atoms with E-state index >= 15 is 0 Å². The van der Waals surface area contributed by atoms with Crippen LogP contribution in [0.15, 0.2) is 0 Å². The number of aliphatic hydroxyl groups excluding tert-OH is 1. The van der Waals surface area contributed by atoms with Crippen molar-refractivity contribution in [3.63, 3.8) is 0 Å². The van der Waals surface area contributed by atoms with E-state index in [0.29, 0.717) is 11.7 Å². The molecule has 0 unspecified atom stereocenters. The summed E-state index contributed by atoms with van der Waals surface area (Å²) in [6, 6.07) is 0. The van der Waals surface area contributed by atoms with Crippen molar-refractivity contribution in [2.24, 2.45) is 0 Å². The number of hydrogen-bond donors (Lipinski definition) is 1. The SMILES string of the molecule is CCCc1nc(Cl)c(C)c(N(CC)CCO)n1. The predicted molar refractivity (Wildman–Crippen MR) is 70.7 cm³/mol. The van der Waals surface area contributed by atoms with Crippen molar-refractivity contribution < 1.29 is 5.11 Å². The van der Waals surface area contributed by atoms with Crippen LogP contribution in [0.25, 0.3) is 0 Å². The van der Waals surface area contributed by atoms with Crippen LogP contribution in [0.4, 0.5) is 5.82 Å². The molecule has 1 heterocycles. The molecule has 5 heteroatoms. The van der Waals surface area contributed by atoms with Gasteiger partial charge in [-0.3, -0.25) is 0 Å². The Morgan fingerprint density at radius 3 is 2.53 bits per heavy atom. The Balaban J connectivity index is 3.10. The summed E-state index contributed by atoms with van der Waals surface area (Å²) in [6.45, 7) is 7.49. The Hall–Kier alpha value is -0.870. The Labute approximate surface area is 108 Å². The lowest BCUT2D eigenvalue weighted by atomic mass is 10.2. The number of aryl methyl sites for hydroxylation is 1. The number of aromatic nitrogens is 2. The lowest BCUT2D eigenvalue weighted by Gasteiger charge is -2.23. The molecule has 0 radical (unpaired) electrons. The Morgan fingerprint density at radius 2 is 2.00 bits per heavy atom. The molecule has 0 spiro atoms. The number of halogens is 1. The molecule has 0 aromatic carbocycles. The fraction of sp³-hybridized carbons (Fsp3) is 0.667. The summed E-state index contributed by atoms with van der Waals surface area (Å²) in [6.07, 6.45) is 1.81. The zero-order valence-electron chi connectivity index (χ0n) is 10.7. The van der Waals surface area contributed by atoms with Gasteiger partial charge in [0.1, 0.15) is 16.8 Å². The second-order valence-corrected chi connectivity index (χ2v) is 4.29. The highest BCUT2D eigenvalue weighted by molar-refractivity contribution is 6.30. The van der Waals surface area contributed by atoms with Gasteiger partial charge in [-0.25, -0.2) is 9.97 Å². The van der Waals surface area contributed by atoms with Gasteiger partial charge >= 0.3 is 0 Å². The molecule has 0 saturated carbocycles. The van der Waals surface area contributed by atoms with E-state index < -0.39 is 0 Å². The van der Waals surface area contributed by atoms with E-state index in [-0.39, 0.29) is 6.61 Å². The molecule has 4 nitrogen and oxygen atoms in total. The van der Waals surface area contributed by atoms with Gasteiger partial charge in [-0.15, -0.1) is 0 Å². The van der Waals surface area contributed by atoms with Crippen LogP contribution in [0.1, 0.15) is 31.7 Å². The first-order valence-corrected chi connectivity index (χ1v) is 6.40. The molecule has 1 N–H and O–H groups in total. The van der Waals surface area contributed by atoms with Gasteiger partial charge in [0.2, 0.25) is 0 Å². The first kappa shape index (κ1) is 14.2. The van der Waals surface area contributed by atoms with Crippen molar-refractivity contribution in [2.75, 3.05) is 24.6 Å². The molecule has 0 fully saturated rings. The molecule has 1 aromatic rings. The molecule has 17 heavy (non-hydrogen) atoms. The first-order chi connectivity index (χ1) is 8.13. The number of aliphatic hydroxyl groups is 1. The van der Waals surface area contributed by atoms with Gasteiger partial charge in [0.15, 0.2) is 0 Å². The second-order valence-electron chi connectivity index (χ2n) is 3.93. The van der Waals surface area contributed by atoms with Crippen molar-refractivity contribution in [1.29, 1.82) is 0 Å². The number of rotatable bonds is 6. The molecule has 0 saturated heterocycles. The molecule has 96 valence electrons. The minimum absolute atomic E-state index is 0.109. The highest BCUT2D eigenvalue weighted by Crippen LogP contribution is 2.23. The minimum Gasteiger partial charge on any atom is -0.395 e. The number of likely N-dealkylation sites (N-methyl/N-ethyl adjacent to an activating group) is 1. The highest BCUT2D eigenvalue weighted by Gasteiger charge is 2.14. The van der Waals surface area contributed by atoms with Crippen LogP contribution >= 0.6 is 11.6 Å². The molecule has 0 aliphatic heterocycles. The van der Waals surface area contributed by atoms with E-state index in [4.69, 9.17) is 16.7 Å². The zero-order valence-corrected chi connectivity index (χ0v) is 11.5. The fourth-order valence-corrected chi connectivity index (χ4v) is 1.88. The molecule has 0 aliphatic carbocycles. The molecule has 0 bridgehead atoms. The zero-order chi connectivity index (χ0) is 12.8. The maximum absolute atomic E-state index is 9.04. The monoisotopic (exact) mass is 257 g/mol. The number of hydrogen-bond acceptors (Lipinski definition) is 4. The molecular formula is C12H20ClN3O. The van der Waals surface area contributed by atoms with Crippen LogP contribution in [0.3, 0.4) is 0 Å². The largest absolute Gasteiger partial charge is 0.395 e. The maximum atomic E-state index is 9.04. The Kier molecular flexibility index (Phi) is 5.65. The van der Waals surface area contributed by atoms with Crippen LogP contribution in [0.2, 0.25) is 5.15 Å². The number of anilines is 1. The average Bonchev–Trinajstić information content (AvgIpc) is 2.31. The van der Waals surface area contributed by atoms with Crippen molar-refractivity contribution >= 4 is 17.4 Å². The standard InChI is InChI=1S/C12H20ClN3O/c1-4-6-10-14-11(13)9(3)12(15-10)16(5-2)7-8-17/h17H,4-8H2,1-3H3. The second kappa shape index (κ2) is 6.77. The van der Waals surface area contributed by atoms with Crippen molar-refractivity contribution in [3.05, 3.63) is 16.5 Å². The Morgan fingerprint density at radius 1 is 1.29 bits per heavy atom. The van der Waals surface area contributed by atoms with E-state index in [0.717, 1.165) is 36.6 Å². The van der Waals surface area contributed by atoms with Crippen LogP contribution in [-0.2, 0) is 6.42 Å². The van der Waals surface area contributed by atoms with Gasteiger partial charge < -0.3 is 10.0 Å². The summed E-state index contributed by atoms with van der Waals surface area (Å²) in [4.78, 5) is 10.8. The highest BCUT2D eigenvalue weighted by atomic mass is 35.5. The van der Waals surface area contributed by atoms with Gasteiger partial charge in [0, 0.05) is 25.1 Å². The van der Waals surface area contributed by atoms with E-state index in [9.17, 15) is 0 Å². The summed E-state index contributed by atoms with van der Waals surface area (Å²) in [5.41, 5.74) is 0.877.